The number of thiophene rings is 1. The molecule has 0 aliphatic rings. The summed E-state index contributed by atoms with van der Waals surface area (Å²) >= 11 is 8.20. The van der Waals surface area contributed by atoms with Gasteiger partial charge in [-0.25, -0.2) is 5.43 Å². The molecule has 0 bridgehead atoms. The first kappa shape index (κ1) is 16.0. The number of rotatable bonds is 3. The molecule has 1 aromatic carbocycles. The molecule has 20 heavy (non-hydrogen) atoms. The van der Waals surface area contributed by atoms with E-state index >= 15 is 0 Å². The number of hydrogen-bond donors (Lipinski definition) is 2. The maximum atomic E-state index is 12.5. The zero-order valence-corrected chi connectivity index (χ0v) is 13.8. The van der Waals surface area contributed by atoms with E-state index in [-0.39, 0.29) is 6.04 Å². The summed E-state index contributed by atoms with van der Waals surface area (Å²) in [4.78, 5) is 0.894. The third-order valence-corrected chi connectivity index (χ3v) is 6.01. The van der Waals surface area contributed by atoms with Gasteiger partial charge in [-0.2, -0.15) is 13.2 Å². The van der Waals surface area contributed by atoms with Crippen LogP contribution in [-0.4, -0.2) is 0 Å². The third-order valence-electron chi connectivity index (χ3n) is 2.69. The molecule has 0 spiro atoms. The molecule has 2 rings (SSSR count). The van der Waals surface area contributed by atoms with E-state index in [9.17, 15) is 13.2 Å². The smallest absolute Gasteiger partial charge is 0.271 e. The van der Waals surface area contributed by atoms with Crippen LogP contribution >= 0.6 is 43.2 Å². The number of hydrogen-bond acceptors (Lipinski definition) is 3. The Balaban J connectivity index is 2.33. The number of nitrogens with one attached hydrogen (secondary N) is 1. The van der Waals surface area contributed by atoms with E-state index in [0.717, 1.165) is 25.3 Å². The Morgan fingerprint density at radius 1 is 1.15 bits per heavy atom. The molecule has 8 heteroatoms. The number of hydrazine groups is 1. The summed E-state index contributed by atoms with van der Waals surface area (Å²) < 4.78 is 39.4. The van der Waals surface area contributed by atoms with Crippen molar-refractivity contribution in [2.75, 3.05) is 0 Å². The normalized spacial score (nSPS) is 13.5. The SMILES string of the molecule is NNC(c1ccc(C(F)(F)F)cc1)c1cc(Br)c(Br)s1. The van der Waals surface area contributed by atoms with Crippen LogP contribution in [0.4, 0.5) is 13.2 Å². The molecule has 2 aromatic rings. The molecule has 2 nitrogen and oxygen atoms in total. The van der Waals surface area contributed by atoms with Gasteiger partial charge in [0.2, 0.25) is 0 Å². The minimum Gasteiger partial charge on any atom is -0.271 e. The second-order valence-electron chi connectivity index (χ2n) is 3.99. The van der Waals surface area contributed by atoms with Gasteiger partial charge in [0.1, 0.15) is 0 Å². The van der Waals surface area contributed by atoms with E-state index < -0.39 is 11.7 Å². The summed E-state index contributed by atoms with van der Waals surface area (Å²) in [6.07, 6.45) is -4.33. The summed E-state index contributed by atoms with van der Waals surface area (Å²) in [6.45, 7) is 0. The van der Waals surface area contributed by atoms with Crippen molar-refractivity contribution in [3.05, 3.63) is 54.6 Å². The predicted molar refractivity (Wildman–Crippen MR) is 80.3 cm³/mol. The summed E-state index contributed by atoms with van der Waals surface area (Å²) in [6, 6.07) is 6.47. The molecular weight excluding hydrogens is 421 g/mol. The number of nitrogens with two attached hydrogens (primary N) is 1. The standard InChI is InChI=1S/C12H9Br2F3N2S/c13-8-5-9(20-11(8)14)10(19-18)6-1-3-7(4-2-6)12(15,16)17/h1-5,10,19H,18H2. The van der Waals surface area contributed by atoms with Crippen LogP contribution in [-0.2, 0) is 6.18 Å². The molecule has 108 valence electrons. The number of halogens is 5. The van der Waals surface area contributed by atoms with Gasteiger partial charge < -0.3 is 0 Å². The zero-order chi connectivity index (χ0) is 14.9. The maximum absolute atomic E-state index is 12.5. The molecule has 0 saturated carbocycles. The van der Waals surface area contributed by atoms with Crippen LogP contribution < -0.4 is 11.3 Å². The van der Waals surface area contributed by atoms with Gasteiger partial charge in [-0.3, -0.25) is 5.84 Å². The van der Waals surface area contributed by atoms with Gasteiger partial charge in [0, 0.05) is 9.35 Å². The molecule has 0 fully saturated rings. The average Bonchev–Trinajstić information content (AvgIpc) is 2.70. The number of alkyl halides is 3. The minimum atomic E-state index is -4.33. The average molecular weight is 430 g/mol. The fourth-order valence-corrected chi connectivity index (χ4v) is 3.89. The molecule has 1 aromatic heterocycles. The molecule has 1 heterocycles. The lowest BCUT2D eigenvalue weighted by molar-refractivity contribution is -0.137. The summed E-state index contributed by atoms with van der Waals surface area (Å²) in [5, 5.41) is 0. The largest absolute Gasteiger partial charge is 0.416 e. The van der Waals surface area contributed by atoms with Crippen LogP contribution in [0.15, 0.2) is 38.6 Å². The van der Waals surface area contributed by atoms with E-state index in [1.54, 1.807) is 0 Å². The van der Waals surface area contributed by atoms with Gasteiger partial charge in [0.05, 0.1) is 15.4 Å². The highest BCUT2D eigenvalue weighted by Crippen LogP contribution is 2.38. The van der Waals surface area contributed by atoms with Gasteiger partial charge in [-0.1, -0.05) is 12.1 Å². The molecule has 0 saturated heterocycles. The van der Waals surface area contributed by atoms with Crippen LogP contribution in [0.25, 0.3) is 0 Å². The van der Waals surface area contributed by atoms with E-state index in [0.29, 0.717) is 5.56 Å². The Morgan fingerprint density at radius 3 is 2.15 bits per heavy atom. The number of benzene rings is 1. The van der Waals surface area contributed by atoms with Gasteiger partial charge in [-0.05, 0) is 55.6 Å². The van der Waals surface area contributed by atoms with E-state index in [1.165, 1.54) is 23.5 Å². The van der Waals surface area contributed by atoms with E-state index in [1.807, 2.05) is 6.07 Å². The van der Waals surface area contributed by atoms with Crippen LogP contribution in [0, 0.1) is 0 Å². The summed E-state index contributed by atoms with van der Waals surface area (Å²) in [5.41, 5.74) is 2.61. The van der Waals surface area contributed by atoms with Gasteiger partial charge in [0.15, 0.2) is 0 Å². The second-order valence-corrected chi connectivity index (χ2v) is 7.25. The lowest BCUT2D eigenvalue weighted by Crippen LogP contribution is -2.28. The molecule has 0 aliphatic heterocycles. The fraction of sp³-hybridized carbons (Fsp3) is 0.167. The first-order chi connectivity index (χ1) is 9.32. The summed E-state index contributed by atoms with van der Waals surface area (Å²) in [7, 11) is 0. The molecule has 1 atom stereocenters. The Morgan fingerprint density at radius 2 is 1.75 bits per heavy atom. The van der Waals surface area contributed by atoms with Crippen molar-refractivity contribution in [3.8, 4) is 0 Å². The first-order valence-corrected chi connectivity index (χ1v) is 7.81. The molecule has 0 amide bonds. The Labute approximate surface area is 134 Å². The Kier molecular flexibility index (Phi) is 4.91. The lowest BCUT2D eigenvalue weighted by atomic mass is 10.0. The first-order valence-electron chi connectivity index (χ1n) is 5.41. The van der Waals surface area contributed by atoms with Gasteiger partial charge in [0.25, 0.3) is 0 Å². The van der Waals surface area contributed by atoms with E-state index in [2.05, 4.69) is 37.3 Å². The van der Waals surface area contributed by atoms with Crippen molar-refractivity contribution in [3.63, 3.8) is 0 Å². The maximum Gasteiger partial charge on any atom is 0.416 e. The highest BCUT2D eigenvalue weighted by molar-refractivity contribution is 9.13. The van der Waals surface area contributed by atoms with Gasteiger partial charge >= 0.3 is 6.18 Å². The van der Waals surface area contributed by atoms with Crippen LogP contribution in [0.2, 0.25) is 0 Å². The van der Waals surface area contributed by atoms with Gasteiger partial charge in [-0.15, -0.1) is 11.3 Å². The highest BCUT2D eigenvalue weighted by Gasteiger charge is 2.30. The van der Waals surface area contributed by atoms with Crippen LogP contribution in [0.1, 0.15) is 22.0 Å². The molecule has 0 aliphatic carbocycles. The van der Waals surface area contributed by atoms with Crippen molar-refractivity contribution >= 4 is 43.2 Å². The van der Waals surface area contributed by atoms with Crippen molar-refractivity contribution in [2.24, 2.45) is 5.84 Å². The third kappa shape index (κ3) is 3.43. The Hall–Kier alpha value is -0.410. The van der Waals surface area contributed by atoms with Crippen LogP contribution in [0.3, 0.4) is 0 Å². The lowest BCUT2D eigenvalue weighted by Gasteiger charge is -2.15. The second kappa shape index (κ2) is 6.15. The molecule has 0 radical (unpaired) electrons. The quantitative estimate of drug-likeness (QED) is 0.540. The van der Waals surface area contributed by atoms with E-state index in [4.69, 9.17) is 5.84 Å². The van der Waals surface area contributed by atoms with Crippen molar-refractivity contribution < 1.29 is 13.2 Å². The topological polar surface area (TPSA) is 38.0 Å². The molecular formula is C12H9Br2F3N2S. The van der Waals surface area contributed by atoms with Crippen molar-refractivity contribution in [2.45, 2.75) is 12.2 Å². The van der Waals surface area contributed by atoms with Crippen molar-refractivity contribution in [1.82, 2.24) is 5.43 Å². The highest BCUT2D eigenvalue weighted by atomic mass is 79.9. The van der Waals surface area contributed by atoms with Crippen LogP contribution in [0.5, 0.6) is 0 Å². The van der Waals surface area contributed by atoms with Crippen molar-refractivity contribution in [1.29, 1.82) is 0 Å². The fourth-order valence-electron chi connectivity index (χ4n) is 1.71. The Bertz CT molecular complexity index is 576. The predicted octanol–water partition coefficient (Wildman–Crippen LogP) is 4.84. The zero-order valence-electron chi connectivity index (χ0n) is 9.84. The monoisotopic (exact) mass is 428 g/mol. The molecule has 1 unspecified atom stereocenters. The summed E-state index contributed by atoms with van der Waals surface area (Å²) in [5.74, 6) is 5.52. The minimum absolute atomic E-state index is 0.357. The molecule has 3 N–H and O–H groups in total.